The number of esters is 1. The van der Waals surface area contributed by atoms with Crippen molar-refractivity contribution in [3.8, 4) is 0 Å². The lowest BCUT2D eigenvalue weighted by molar-refractivity contribution is -0.305. The maximum absolute atomic E-state index is 13.4. The molecule has 1 rings (SSSR count). The van der Waals surface area contributed by atoms with Crippen LogP contribution in [0.4, 0.5) is 0 Å². The molecule has 0 aromatic heterocycles. The first-order valence-electron chi connectivity index (χ1n) is 34.6. The molecule has 8 atom stereocenters. The predicted molar refractivity (Wildman–Crippen MR) is 343 cm³/mol. The van der Waals surface area contributed by atoms with Crippen LogP contribution in [-0.4, -0.2) is 99.6 Å². The molecule has 6 N–H and O–H groups in total. The maximum Gasteiger partial charge on any atom is 0.306 e. The minimum absolute atomic E-state index is 0.122. The Hall–Kier alpha value is -2.64. The fourth-order valence-electron chi connectivity index (χ4n) is 10.7. The molecule has 0 saturated carbocycles. The van der Waals surface area contributed by atoms with Crippen molar-refractivity contribution >= 4 is 11.9 Å². The number of allylic oxidation sites excluding steroid dienone is 9. The summed E-state index contributed by atoms with van der Waals surface area (Å²) in [7, 11) is 0. The van der Waals surface area contributed by atoms with E-state index in [9.17, 15) is 35.1 Å². The van der Waals surface area contributed by atoms with Crippen LogP contribution in [0, 0.1) is 0 Å². The van der Waals surface area contributed by atoms with Crippen LogP contribution in [0.2, 0.25) is 0 Å². The molecule has 0 aliphatic carbocycles. The summed E-state index contributed by atoms with van der Waals surface area (Å²) in [5, 5.41) is 57.1. The summed E-state index contributed by atoms with van der Waals surface area (Å²) >= 11 is 0. The molecular weight excluding hydrogens is 1030 g/mol. The second kappa shape index (κ2) is 58.7. The highest BCUT2D eigenvalue weighted by molar-refractivity contribution is 5.80. The third-order valence-electron chi connectivity index (χ3n) is 16.1. The van der Waals surface area contributed by atoms with E-state index in [1.807, 2.05) is 6.08 Å². The third-order valence-corrected chi connectivity index (χ3v) is 16.1. The van der Waals surface area contributed by atoms with Gasteiger partial charge in [-0.25, -0.2) is 0 Å². The van der Waals surface area contributed by atoms with E-state index < -0.39 is 67.4 Å². The van der Waals surface area contributed by atoms with Crippen molar-refractivity contribution in [2.75, 3.05) is 13.2 Å². The Kier molecular flexibility index (Phi) is 55.4. The molecule has 82 heavy (non-hydrogen) atoms. The summed E-state index contributed by atoms with van der Waals surface area (Å²) in [5.74, 6) is -1.19. The number of carbonyl (C=O) groups excluding carboxylic acids is 2. The zero-order valence-corrected chi connectivity index (χ0v) is 53.1. The van der Waals surface area contributed by atoms with Gasteiger partial charge in [0, 0.05) is 6.42 Å². The highest BCUT2D eigenvalue weighted by Crippen LogP contribution is 2.26. The SMILES string of the molecule is CCCCC/C=C\C/C=C\C/C=C\CCCCCCCCCCCCCCCCC(=O)OC1C(OCC(NC(=O)C(O)CCCCCCCC/C=C\CCCCCC)C(O)/C=C/CCCCCCCCCCCC)OC(CO)C(O)C1O. The Balaban J connectivity index is 2.54. The van der Waals surface area contributed by atoms with Crippen LogP contribution in [0.5, 0.6) is 0 Å². The molecule has 0 aromatic carbocycles. The van der Waals surface area contributed by atoms with E-state index in [1.165, 1.54) is 186 Å². The Labute approximate surface area is 503 Å². The fourth-order valence-corrected chi connectivity index (χ4v) is 10.7. The van der Waals surface area contributed by atoms with E-state index in [4.69, 9.17) is 14.2 Å². The molecule has 11 nitrogen and oxygen atoms in total. The maximum atomic E-state index is 13.4. The Morgan fingerprint density at radius 3 is 1.30 bits per heavy atom. The van der Waals surface area contributed by atoms with Crippen LogP contribution in [0.3, 0.4) is 0 Å². The minimum atomic E-state index is -1.62. The average Bonchev–Trinajstić information content (AvgIpc) is 3.48. The number of hydrogen-bond donors (Lipinski definition) is 6. The number of aliphatic hydroxyl groups excluding tert-OH is 5. The third kappa shape index (κ3) is 45.7. The number of amides is 1. The Morgan fingerprint density at radius 1 is 0.476 bits per heavy atom. The first kappa shape index (κ1) is 77.4. The van der Waals surface area contributed by atoms with Crippen LogP contribution >= 0.6 is 0 Å². The Morgan fingerprint density at radius 2 is 0.841 bits per heavy atom. The summed E-state index contributed by atoms with van der Waals surface area (Å²) in [6.45, 7) is 5.77. The Bertz CT molecular complexity index is 1560. The molecule has 1 fully saturated rings. The molecule has 0 bridgehead atoms. The lowest BCUT2D eigenvalue weighted by Gasteiger charge is -2.41. The zero-order chi connectivity index (χ0) is 59.6. The van der Waals surface area contributed by atoms with Gasteiger partial charge in [0.1, 0.15) is 24.4 Å². The molecule has 0 aromatic rings. The van der Waals surface area contributed by atoms with Gasteiger partial charge in [-0.15, -0.1) is 0 Å². The van der Waals surface area contributed by atoms with Gasteiger partial charge < -0.3 is 45.1 Å². The van der Waals surface area contributed by atoms with Gasteiger partial charge in [0.05, 0.1) is 25.4 Å². The summed E-state index contributed by atoms with van der Waals surface area (Å²) in [5.41, 5.74) is 0. The second-order valence-corrected chi connectivity index (χ2v) is 23.9. The molecule has 11 heteroatoms. The van der Waals surface area contributed by atoms with Gasteiger partial charge in [-0.05, 0) is 89.9 Å². The van der Waals surface area contributed by atoms with Crippen LogP contribution in [0.15, 0.2) is 60.8 Å². The molecule has 1 heterocycles. The molecule has 1 aliphatic rings. The van der Waals surface area contributed by atoms with Crippen LogP contribution in [-0.2, 0) is 23.8 Å². The van der Waals surface area contributed by atoms with E-state index in [-0.39, 0.29) is 19.4 Å². The summed E-state index contributed by atoms with van der Waals surface area (Å²) in [6.07, 6.45) is 64.1. The first-order chi connectivity index (χ1) is 40.2. The predicted octanol–water partition coefficient (Wildman–Crippen LogP) is 17.3. The molecule has 8 unspecified atom stereocenters. The highest BCUT2D eigenvalue weighted by Gasteiger charge is 2.47. The van der Waals surface area contributed by atoms with Gasteiger partial charge in [0.15, 0.2) is 12.4 Å². The van der Waals surface area contributed by atoms with Gasteiger partial charge in [-0.3, -0.25) is 9.59 Å². The monoisotopic (exact) mass is 1160 g/mol. The van der Waals surface area contributed by atoms with E-state index in [0.717, 1.165) is 83.5 Å². The number of unbranched alkanes of at least 4 members (excludes halogenated alkanes) is 37. The van der Waals surface area contributed by atoms with E-state index in [1.54, 1.807) is 6.08 Å². The van der Waals surface area contributed by atoms with E-state index >= 15 is 0 Å². The number of nitrogens with one attached hydrogen (secondary N) is 1. The molecule has 0 radical (unpaired) electrons. The smallest absolute Gasteiger partial charge is 0.306 e. The summed E-state index contributed by atoms with van der Waals surface area (Å²) < 4.78 is 17.7. The van der Waals surface area contributed by atoms with Gasteiger partial charge in [-0.2, -0.15) is 0 Å². The van der Waals surface area contributed by atoms with Crippen molar-refractivity contribution < 1.29 is 49.3 Å². The quantitative estimate of drug-likeness (QED) is 0.0195. The lowest BCUT2D eigenvalue weighted by Crippen LogP contribution is -2.61. The molecule has 1 saturated heterocycles. The molecule has 0 spiro atoms. The number of carbonyl (C=O) groups is 2. The largest absolute Gasteiger partial charge is 0.454 e. The summed E-state index contributed by atoms with van der Waals surface area (Å²) in [4.78, 5) is 26.6. The van der Waals surface area contributed by atoms with E-state index in [0.29, 0.717) is 12.8 Å². The zero-order valence-electron chi connectivity index (χ0n) is 53.1. The van der Waals surface area contributed by atoms with Crippen molar-refractivity contribution in [1.29, 1.82) is 0 Å². The van der Waals surface area contributed by atoms with E-state index in [2.05, 4.69) is 74.7 Å². The van der Waals surface area contributed by atoms with Gasteiger partial charge in [0.25, 0.3) is 0 Å². The lowest BCUT2D eigenvalue weighted by atomic mass is 9.99. The van der Waals surface area contributed by atoms with Gasteiger partial charge in [-0.1, -0.05) is 281 Å². The molecular formula is C71H129NO10. The molecule has 1 amide bonds. The van der Waals surface area contributed by atoms with Crippen molar-refractivity contribution in [3.05, 3.63) is 60.8 Å². The fraction of sp³-hybridized carbons (Fsp3) is 0.831. The van der Waals surface area contributed by atoms with Crippen LogP contribution in [0.25, 0.3) is 0 Å². The number of ether oxygens (including phenoxy) is 3. The highest BCUT2D eigenvalue weighted by atomic mass is 16.7. The van der Waals surface area contributed by atoms with Crippen molar-refractivity contribution in [2.45, 2.75) is 365 Å². The van der Waals surface area contributed by atoms with Crippen molar-refractivity contribution in [2.24, 2.45) is 0 Å². The van der Waals surface area contributed by atoms with Crippen LogP contribution in [0.1, 0.15) is 316 Å². The van der Waals surface area contributed by atoms with Gasteiger partial charge >= 0.3 is 5.97 Å². The topological polar surface area (TPSA) is 175 Å². The minimum Gasteiger partial charge on any atom is -0.454 e. The number of rotatable bonds is 59. The normalized spacial score (nSPS) is 19.0. The first-order valence-corrected chi connectivity index (χ1v) is 34.6. The van der Waals surface area contributed by atoms with Crippen molar-refractivity contribution in [1.82, 2.24) is 5.32 Å². The van der Waals surface area contributed by atoms with Gasteiger partial charge in [0.2, 0.25) is 5.91 Å². The molecule has 1 aliphatic heterocycles. The van der Waals surface area contributed by atoms with Crippen molar-refractivity contribution in [3.63, 3.8) is 0 Å². The molecule has 478 valence electrons. The summed E-state index contributed by atoms with van der Waals surface area (Å²) in [6, 6.07) is -1.03. The second-order valence-electron chi connectivity index (χ2n) is 23.9. The standard InChI is InChI=1S/C71H129NO10/c1-4-7-10-13-16-19-22-25-27-28-29-30-31-32-33-34-35-36-37-38-39-41-44-47-50-53-56-59-66(76)82-69-68(78)67(77)65(60-73)81-71(69)80-61-62(63(74)57-54-51-48-45-42-24-21-18-15-12-9-6-3)72-70(79)64(75)58-55-52-49-46-43-40-26-23-20-17-14-11-8-5-2/h16,19-20,23,25,27,29-30,54,57,62-65,67-69,71,73-75,77-78H,4-15,17-18,21-22,24,26,28,31-53,55-56,58-61H2,1-3H3,(H,72,79)/b19-16-,23-20-,27-25-,30-29-,57-54+. The number of hydrogen-bond acceptors (Lipinski definition) is 10. The average molecular weight is 1160 g/mol. The van der Waals surface area contributed by atoms with Crippen LogP contribution < -0.4 is 5.32 Å². The number of aliphatic hydroxyl groups is 5.